The third-order valence-corrected chi connectivity index (χ3v) is 5.77. The van der Waals surface area contributed by atoms with E-state index >= 15 is 0 Å². The lowest BCUT2D eigenvalue weighted by atomic mass is 10.0. The topological polar surface area (TPSA) is 81.9 Å². The van der Waals surface area contributed by atoms with E-state index in [0.29, 0.717) is 12.2 Å². The predicted molar refractivity (Wildman–Crippen MR) is 138 cm³/mol. The van der Waals surface area contributed by atoms with Crippen molar-refractivity contribution in [3.05, 3.63) is 89.6 Å². The molecule has 0 aliphatic carbocycles. The predicted octanol–water partition coefficient (Wildman–Crippen LogP) is 7.00. The smallest absolute Gasteiger partial charge is 0.419 e. The van der Waals surface area contributed by atoms with Crippen LogP contribution in [0.2, 0.25) is 0 Å². The van der Waals surface area contributed by atoms with Gasteiger partial charge in [-0.1, -0.05) is 59.8 Å². The Hall–Kier alpha value is -4.53. The maximum Gasteiger partial charge on any atom is 0.419 e. The summed E-state index contributed by atoms with van der Waals surface area (Å²) in [6, 6.07) is 18.3. The largest absolute Gasteiger partial charge is 0.466 e. The number of hydrogen-bond donors (Lipinski definition) is 0. The highest BCUT2D eigenvalue weighted by molar-refractivity contribution is 6.00. The minimum absolute atomic E-state index is 0.0270. The van der Waals surface area contributed by atoms with Gasteiger partial charge in [-0.3, -0.25) is 4.79 Å². The minimum Gasteiger partial charge on any atom is -0.466 e. The van der Waals surface area contributed by atoms with Crippen molar-refractivity contribution in [2.24, 2.45) is 0 Å². The van der Waals surface area contributed by atoms with Gasteiger partial charge in [0.25, 0.3) is 0 Å². The number of nitrogens with zero attached hydrogens (tertiary/aromatic N) is 2. The third kappa shape index (κ3) is 5.56. The van der Waals surface area contributed by atoms with Crippen molar-refractivity contribution in [3.8, 4) is 22.5 Å². The molecular formula is C29H26F2N2O5. The Kier molecular flexibility index (Phi) is 8.15. The van der Waals surface area contributed by atoms with Gasteiger partial charge in [0, 0.05) is 5.56 Å². The number of esters is 1. The van der Waals surface area contributed by atoms with Crippen LogP contribution in [0.15, 0.2) is 71.3 Å². The number of ether oxygens (including phenoxy) is 2. The molecule has 4 rings (SSSR count). The van der Waals surface area contributed by atoms with Crippen LogP contribution in [0, 0.1) is 18.6 Å². The Morgan fingerprint density at radius 1 is 0.868 bits per heavy atom. The van der Waals surface area contributed by atoms with E-state index in [9.17, 15) is 18.4 Å². The van der Waals surface area contributed by atoms with Gasteiger partial charge in [0.1, 0.15) is 11.4 Å². The summed E-state index contributed by atoms with van der Waals surface area (Å²) in [5.41, 5.74) is 3.34. The molecule has 7 nitrogen and oxygen atoms in total. The number of carbonyl (C=O) groups is 2. The number of aryl methyl sites for hydroxylation is 1. The molecule has 9 heteroatoms. The number of amides is 1. The number of anilines is 2. The van der Waals surface area contributed by atoms with Gasteiger partial charge in [0.15, 0.2) is 17.4 Å². The van der Waals surface area contributed by atoms with Crippen LogP contribution in [-0.4, -0.2) is 30.4 Å². The van der Waals surface area contributed by atoms with E-state index in [1.807, 2.05) is 36.4 Å². The maximum atomic E-state index is 14.8. The molecule has 0 aliphatic rings. The molecule has 38 heavy (non-hydrogen) atoms. The van der Waals surface area contributed by atoms with Crippen LogP contribution in [0.5, 0.6) is 0 Å². The number of benzene rings is 3. The SMILES string of the molecule is CCOC(=O)Cc1ccc(-c2ccc(-c3onc(C)c3N(C(=O)OCC)c3cccc(F)c3F)cc2)cc1. The van der Waals surface area contributed by atoms with Gasteiger partial charge in [-0.05, 0) is 49.6 Å². The van der Waals surface area contributed by atoms with E-state index in [-0.39, 0.29) is 41.8 Å². The fraction of sp³-hybridized carbons (Fsp3) is 0.207. The Balaban J connectivity index is 1.67. The molecule has 4 aromatic rings. The maximum absolute atomic E-state index is 14.8. The van der Waals surface area contributed by atoms with Crippen molar-refractivity contribution in [3.63, 3.8) is 0 Å². The van der Waals surface area contributed by atoms with Crippen LogP contribution in [0.3, 0.4) is 0 Å². The molecule has 0 N–H and O–H groups in total. The molecule has 0 fully saturated rings. The van der Waals surface area contributed by atoms with Crippen molar-refractivity contribution in [1.82, 2.24) is 5.16 Å². The highest BCUT2D eigenvalue weighted by Crippen LogP contribution is 2.40. The average molecular weight is 521 g/mol. The number of hydrogen-bond acceptors (Lipinski definition) is 6. The van der Waals surface area contributed by atoms with E-state index in [0.717, 1.165) is 27.7 Å². The second kappa shape index (κ2) is 11.7. The second-order valence-electron chi connectivity index (χ2n) is 8.31. The van der Waals surface area contributed by atoms with Crippen LogP contribution in [0.25, 0.3) is 22.5 Å². The molecule has 0 radical (unpaired) electrons. The number of aromatic nitrogens is 1. The summed E-state index contributed by atoms with van der Waals surface area (Å²) in [6.45, 7) is 5.34. The van der Waals surface area contributed by atoms with E-state index < -0.39 is 17.7 Å². The number of rotatable bonds is 8. The van der Waals surface area contributed by atoms with Crippen molar-refractivity contribution < 1.29 is 32.4 Å². The molecule has 0 aliphatic heterocycles. The van der Waals surface area contributed by atoms with Crippen LogP contribution >= 0.6 is 0 Å². The van der Waals surface area contributed by atoms with Gasteiger partial charge in [0.2, 0.25) is 0 Å². The number of halogens is 2. The highest BCUT2D eigenvalue weighted by atomic mass is 19.2. The van der Waals surface area contributed by atoms with Crippen LogP contribution in [0.1, 0.15) is 25.1 Å². The molecule has 0 saturated carbocycles. The van der Waals surface area contributed by atoms with Crippen molar-refractivity contribution in [2.45, 2.75) is 27.2 Å². The Bertz CT molecular complexity index is 1430. The normalized spacial score (nSPS) is 10.8. The molecule has 1 aromatic heterocycles. The van der Waals surface area contributed by atoms with Crippen LogP contribution in [-0.2, 0) is 20.7 Å². The van der Waals surface area contributed by atoms with Crippen LogP contribution in [0.4, 0.5) is 25.0 Å². The van der Waals surface area contributed by atoms with Crippen molar-refractivity contribution in [2.75, 3.05) is 18.1 Å². The van der Waals surface area contributed by atoms with Gasteiger partial charge < -0.3 is 14.0 Å². The fourth-order valence-electron chi connectivity index (χ4n) is 3.99. The zero-order valence-corrected chi connectivity index (χ0v) is 21.2. The molecule has 196 valence electrons. The molecular weight excluding hydrogens is 494 g/mol. The molecule has 0 unspecified atom stereocenters. The van der Waals surface area contributed by atoms with Gasteiger partial charge >= 0.3 is 12.1 Å². The molecule has 0 bridgehead atoms. The summed E-state index contributed by atoms with van der Waals surface area (Å²) in [5, 5.41) is 3.98. The fourth-order valence-corrected chi connectivity index (χ4v) is 3.99. The van der Waals surface area contributed by atoms with E-state index in [1.165, 1.54) is 12.1 Å². The second-order valence-corrected chi connectivity index (χ2v) is 8.31. The average Bonchev–Trinajstić information content (AvgIpc) is 3.28. The Morgan fingerprint density at radius 3 is 2.11 bits per heavy atom. The van der Waals surface area contributed by atoms with E-state index in [4.69, 9.17) is 14.0 Å². The summed E-state index contributed by atoms with van der Waals surface area (Å²) in [4.78, 5) is 25.6. The molecule has 0 saturated heterocycles. The third-order valence-electron chi connectivity index (χ3n) is 5.77. The lowest BCUT2D eigenvalue weighted by molar-refractivity contribution is -0.142. The van der Waals surface area contributed by atoms with Crippen molar-refractivity contribution >= 4 is 23.4 Å². The summed E-state index contributed by atoms with van der Waals surface area (Å²) >= 11 is 0. The molecule has 1 amide bonds. The van der Waals surface area contributed by atoms with Gasteiger partial charge in [-0.2, -0.15) is 0 Å². The molecule has 0 spiro atoms. The van der Waals surface area contributed by atoms with Gasteiger partial charge in [-0.25, -0.2) is 18.5 Å². The quantitative estimate of drug-likeness (QED) is 0.233. The standard InChI is InChI=1S/C29H26F2N2O5/c1-4-36-25(34)17-19-9-11-20(12-10-19)21-13-15-22(16-14-21)28-27(18(3)32-38-28)33(29(35)37-5-2)24-8-6-7-23(30)26(24)31/h6-16H,4-5,17H2,1-3H3. The molecule has 1 heterocycles. The summed E-state index contributed by atoms with van der Waals surface area (Å²) in [5.74, 6) is -2.40. The lowest BCUT2D eigenvalue weighted by Crippen LogP contribution is -2.28. The first kappa shape index (κ1) is 26.5. The van der Waals surface area contributed by atoms with Crippen molar-refractivity contribution in [1.29, 1.82) is 0 Å². The first-order valence-corrected chi connectivity index (χ1v) is 12.1. The monoisotopic (exact) mass is 520 g/mol. The Morgan fingerprint density at radius 2 is 1.47 bits per heavy atom. The first-order valence-electron chi connectivity index (χ1n) is 12.1. The zero-order valence-electron chi connectivity index (χ0n) is 21.2. The van der Waals surface area contributed by atoms with E-state index in [1.54, 1.807) is 32.9 Å². The zero-order chi connectivity index (χ0) is 27.2. The Labute approximate surface area is 218 Å². The number of carbonyl (C=O) groups excluding carboxylic acids is 2. The van der Waals surface area contributed by atoms with Crippen LogP contribution < -0.4 is 4.90 Å². The van der Waals surface area contributed by atoms with E-state index in [2.05, 4.69) is 5.16 Å². The summed E-state index contributed by atoms with van der Waals surface area (Å²) in [7, 11) is 0. The minimum atomic E-state index is -1.20. The lowest BCUT2D eigenvalue weighted by Gasteiger charge is -2.22. The molecule has 3 aromatic carbocycles. The molecule has 0 atom stereocenters. The first-order chi connectivity index (χ1) is 18.3. The summed E-state index contributed by atoms with van der Waals surface area (Å²) < 4.78 is 44.5. The summed E-state index contributed by atoms with van der Waals surface area (Å²) in [6.07, 6.45) is -0.701. The van der Waals surface area contributed by atoms with Gasteiger partial charge in [0.05, 0.1) is 25.3 Å². The van der Waals surface area contributed by atoms with Gasteiger partial charge in [-0.15, -0.1) is 0 Å². The highest BCUT2D eigenvalue weighted by Gasteiger charge is 2.31.